The van der Waals surface area contributed by atoms with Gasteiger partial charge < -0.3 is 0 Å². The quantitative estimate of drug-likeness (QED) is 0.781. The van der Waals surface area contributed by atoms with Crippen LogP contribution in [0.3, 0.4) is 0 Å². The average molecular weight is 277 g/mol. The third-order valence-electron chi connectivity index (χ3n) is 2.44. The number of carbonyl (C=O) groups excluding carboxylic acids is 1. The van der Waals surface area contributed by atoms with Crippen molar-refractivity contribution in [2.45, 2.75) is 25.2 Å². The van der Waals surface area contributed by atoms with Crippen molar-refractivity contribution in [3.8, 4) is 0 Å². The van der Waals surface area contributed by atoms with Gasteiger partial charge in [0.25, 0.3) is 0 Å². The monoisotopic (exact) mass is 277 g/mol. The molecule has 0 bridgehead atoms. The van der Waals surface area contributed by atoms with E-state index in [-0.39, 0.29) is 5.78 Å². The van der Waals surface area contributed by atoms with Gasteiger partial charge in [-0.15, -0.1) is 23.1 Å². The number of ketones is 1. The zero-order valence-corrected chi connectivity index (χ0v) is 12.1. The molecule has 0 spiro atoms. The van der Waals surface area contributed by atoms with E-state index in [1.807, 2.05) is 12.3 Å². The second-order valence-corrected chi connectivity index (χ2v) is 6.19. The average Bonchev–Trinajstić information content (AvgIpc) is 2.74. The summed E-state index contributed by atoms with van der Waals surface area (Å²) < 4.78 is 0. The minimum atomic E-state index is 0.231. The summed E-state index contributed by atoms with van der Waals surface area (Å²) in [6.45, 7) is 4.01. The second kappa shape index (κ2) is 6.16. The van der Waals surface area contributed by atoms with Crippen molar-refractivity contribution >= 4 is 28.9 Å². The van der Waals surface area contributed by atoms with Crippen LogP contribution < -0.4 is 0 Å². The molecule has 0 fully saturated rings. The Hall–Kier alpha value is -1.13. The molecule has 18 heavy (non-hydrogen) atoms. The van der Waals surface area contributed by atoms with E-state index in [1.54, 1.807) is 23.1 Å². The summed E-state index contributed by atoms with van der Waals surface area (Å²) in [4.78, 5) is 17.3. The van der Waals surface area contributed by atoms with E-state index in [0.717, 1.165) is 15.6 Å². The molecule has 0 aliphatic rings. The molecule has 1 aromatic heterocycles. The van der Waals surface area contributed by atoms with Gasteiger partial charge in [-0.1, -0.05) is 17.7 Å². The first-order valence-corrected chi connectivity index (χ1v) is 7.62. The highest BCUT2D eigenvalue weighted by atomic mass is 32.2. The topological polar surface area (TPSA) is 30.0 Å². The maximum atomic E-state index is 11.8. The van der Waals surface area contributed by atoms with Gasteiger partial charge in [0.05, 0.1) is 12.2 Å². The summed E-state index contributed by atoms with van der Waals surface area (Å²) >= 11 is 3.15. The van der Waals surface area contributed by atoms with E-state index in [4.69, 9.17) is 0 Å². The Bertz CT molecular complexity index is 531. The molecule has 0 aliphatic carbocycles. The molecule has 0 amide bonds. The summed E-state index contributed by atoms with van der Waals surface area (Å²) in [7, 11) is 0. The molecule has 4 heteroatoms. The molecule has 0 radical (unpaired) electrons. The van der Waals surface area contributed by atoms with Gasteiger partial charge in [-0.3, -0.25) is 4.79 Å². The number of aryl methyl sites for hydroxylation is 2. The molecule has 0 saturated heterocycles. The van der Waals surface area contributed by atoms with Crippen LogP contribution in [0.2, 0.25) is 0 Å². The molecule has 0 atom stereocenters. The molecule has 0 saturated carbocycles. The van der Waals surface area contributed by atoms with Crippen molar-refractivity contribution in [1.82, 2.24) is 4.98 Å². The normalized spacial score (nSPS) is 10.6. The number of hydrogen-bond acceptors (Lipinski definition) is 4. The van der Waals surface area contributed by atoms with Gasteiger partial charge in [0, 0.05) is 16.0 Å². The maximum Gasteiger partial charge on any atom is 0.149 e. The van der Waals surface area contributed by atoms with Crippen molar-refractivity contribution in [1.29, 1.82) is 0 Å². The van der Waals surface area contributed by atoms with Gasteiger partial charge >= 0.3 is 0 Å². The smallest absolute Gasteiger partial charge is 0.149 e. The Morgan fingerprint density at radius 1 is 1.28 bits per heavy atom. The van der Waals surface area contributed by atoms with E-state index in [9.17, 15) is 4.79 Å². The number of carbonyl (C=O) groups is 1. The SMILES string of the molecule is Cc1ccc(SCC(=O)Cc2nc(C)cs2)cc1. The highest BCUT2D eigenvalue weighted by Gasteiger charge is 2.07. The van der Waals surface area contributed by atoms with Gasteiger partial charge in [-0.25, -0.2) is 4.98 Å². The van der Waals surface area contributed by atoms with Crippen LogP contribution in [0.1, 0.15) is 16.3 Å². The van der Waals surface area contributed by atoms with Crippen LogP contribution in [0.5, 0.6) is 0 Å². The minimum absolute atomic E-state index is 0.231. The van der Waals surface area contributed by atoms with Crippen molar-refractivity contribution in [2.75, 3.05) is 5.75 Å². The van der Waals surface area contributed by atoms with E-state index in [0.29, 0.717) is 12.2 Å². The van der Waals surface area contributed by atoms with E-state index in [2.05, 4.69) is 36.2 Å². The lowest BCUT2D eigenvalue weighted by molar-refractivity contribution is -0.116. The zero-order chi connectivity index (χ0) is 13.0. The fraction of sp³-hybridized carbons (Fsp3) is 0.286. The molecular formula is C14H15NOS2. The zero-order valence-electron chi connectivity index (χ0n) is 10.5. The Morgan fingerprint density at radius 2 is 2.00 bits per heavy atom. The number of nitrogens with zero attached hydrogens (tertiary/aromatic N) is 1. The standard InChI is InChI=1S/C14H15NOS2/c1-10-3-5-13(6-4-10)17-9-12(16)7-14-15-11(2)8-18-14/h3-6,8H,7,9H2,1-2H3. The van der Waals surface area contributed by atoms with Gasteiger partial charge in [0.15, 0.2) is 0 Å². The Balaban J connectivity index is 1.83. The van der Waals surface area contributed by atoms with Crippen molar-refractivity contribution in [3.63, 3.8) is 0 Å². The number of aromatic nitrogens is 1. The van der Waals surface area contributed by atoms with Gasteiger partial charge in [0.1, 0.15) is 10.8 Å². The lowest BCUT2D eigenvalue weighted by atomic mass is 10.2. The van der Waals surface area contributed by atoms with Gasteiger partial charge in [-0.2, -0.15) is 0 Å². The number of thiazole rings is 1. The second-order valence-electron chi connectivity index (χ2n) is 4.20. The van der Waals surface area contributed by atoms with Gasteiger partial charge in [0.2, 0.25) is 0 Å². The molecule has 0 aliphatic heterocycles. The first-order valence-electron chi connectivity index (χ1n) is 5.75. The van der Waals surface area contributed by atoms with E-state index < -0.39 is 0 Å². The maximum absolute atomic E-state index is 11.8. The molecule has 2 nitrogen and oxygen atoms in total. The molecule has 2 rings (SSSR count). The lowest BCUT2D eigenvalue weighted by Gasteiger charge is -2.01. The lowest BCUT2D eigenvalue weighted by Crippen LogP contribution is -2.05. The number of Topliss-reactive ketones (excluding diaryl/α,β-unsaturated/α-hetero) is 1. The first-order chi connectivity index (χ1) is 8.63. The first kappa shape index (κ1) is 13.3. The summed E-state index contributed by atoms with van der Waals surface area (Å²) in [5.41, 5.74) is 2.23. The fourth-order valence-electron chi connectivity index (χ4n) is 1.50. The van der Waals surface area contributed by atoms with Crippen LogP contribution in [0.4, 0.5) is 0 Å². The molecule has 2 aromatic rings. The minimum Gasteiger partial charge on any atom is -0.298 e. The third kappa shape index (κ3) is 3.96. The third-order valence-corrected chi connectivity index (χ3v) is 4.47. The van der Waals surface area contributed by atoms with Crippen LogP contribution in [0.25, 0.3) is 0 Å². The van der Waals surface area contributed by atoms with Crippen LogP contribution >= 0.6 is 23.1 Å². The molecule has 94 valence electrons. The predicted molar refractivity (Wildman–Crippen MR) is 77.5 cm³/mol. The van der Waals surface area contributed by atoms with Crippen molar-refractivity contribution in [2.24, 2.45) is 0 Å². The van der Waals surface area contributed by atoms with Crippen molar-refractivity contribution < 1.29 is 4.79 Å². The molecule has 0 unspecified atom stereocenters. The predicted octanol–water partition coefficient (Wildman–Crippen LogP) is 3.66. The van der Waals surface area contributed by atoms with E-state index in [1.165, 1.54) is 5.56 Å². The number of benzene rings is 1. The largest absolute Gasteiger partial charge is 0.298 e. The molecule has 1 heterocycles. The number of thioether (sulfide) groups is 1. The number of hydrogen-bond donors (Lipinski definition) is 0. The van der Waals surface area contributed by atoms with Crippen LogP contribution in [0, 0.1) is 13.8 Å². The van der Waals surface area contributed by atoms with Gasteiger partial charge in [-0.05, 0) is 26.0 Å². The summed E-state index contributed by atoms with van der Waals surface area (Å²) in [6, 6.07) is 8.25. The Kier molecular flexibility index (Phi) is 4.55. The van der Waals surface area contributed by atoms with Crippen molar-refractivity contribution in [3.05, 3.63) is 45.9 Å². The van der Waals surface area contributed by atoms with Crippen LogP contribution in [-0.4, -0.2) is 16.5 Å². The fourth-order valence-corrected chi connectivity index (χ4v) is 3.06. The molecule has 1 aromatic carbocycles. The summed E-state index contributed by atoms with van der Waals surface area (Å²) in [6.07, 6.45) is 0.456. The van der Waals surface area contributed by atoms with Crippen LogP contribution in [0.15, 0.2) is 34.5 Å². The van der Waals surface area contributed by atoms with Crippen LogP contribution in [-0.2, 0) is 11.2 Å². The highest BCUT2D eigenvalue weighted by molar-refractivity contribution is 8.00. The molecule has 0 N–H and O–H groups in total. The number of rotatable bonds is 5. The Morgan fingerprint density at radius 3 is 2.61 bits per heavy atom. The van der Waals surface area contributed by atoms with E-state index >= 15 is 0 Å². The Labute approximate surface area is 115 Å². The summed E-state index contributed by atoms with van der Waals surface area (Å²) in [5.74, 6) is 0.747. The highest BCUT2D eigenvalue weighted by Crippen LogP contribution is 2.19. The summed E-state index contributed by atoms with van der Waals surface area (Å²) in [5, 5.41) is 2.90. The molecular weight excluding hydrogens is 262 g/mol.